The minimum atomic E-state index is -0.306. The molecule has 4 nitrogen and oxygen atoms in total. The summed E-state index contributed by atoms with van der Waals surface area (Å²) in [6, 6.07) is 0. The van der Waals surface area contributed by atoms with Crippen molar-refractivity contribution in [2.75, 3.05) is 6.61 Å². The van der Waals surface area contributed by atoms with Crippen LogP contribution in [0.4, 0.5) is 0 Å². The largest absolute Gasteiger partial charge is 0.393 e. The summed E-state index contributed by atoms with van der Waals surface area (Å²) in [5.74, 6) is 3.78. The van der Waals surface area contributed by atoms with Crippen molar-refractivity contribution in [1.29, 1.82) is 0 Å². The van der Waals surface area contributed by atoms with Crippen LogP contribution in [0.1, 0.15) is 85.5 Å². The van der Waals surface area contributed by atoms with E-state index in [1.807, 2.05) is 0 Å². The van der Waals surface area contributed by atoms with Gasteiger partial charge in [-0.25, -0.2) is 0 Å². The average Bonchev–Trinajstić information content (AvgIpc) is 3.25. The molecule has 0 aromatic carbocycles. The monoisotopic (exact) mass is 430 g/mol. The molecule has 4 aliphatic carbocycles. The Morgan fingerprint density at radius 3 is 2.52 bits per heavy atom. The molecule has 0 aromatic heterocycles. The summed E-state index contributed by atoms with van der Waals surface area (Å²) in [7, 11) is 0. The third-order valence-corrected chi connectivity index (χ3v) is 12.3. The Hall–Kier alpha value is -0.160. The molecule has 1 unspecified atom stereocenters. The summed E-state index contributed by atoms with van der Waals surface area (Å²) in [5.41, 5.74) is 0.629. The smallest absolute Gasteiger partial charge is 0.171 e. The number of aliphatic hydroxyl groups excluding tert-OH is 1. The summed E-state index contributed by atoms with van der Waals surface area (Å²) in [6.45, 7) is 10.8. The van der Waals surface area contributed by atoms with Crippen LogP contribution in [0.5, 0.6) is 0 Å². The minimum Gasteiger partial charge on any atom is -0.393 e. The van der Waals surface area contributed by atoms with E-state index in [0.717, 1.165) is 50.0 Å². The second-order valence-electron chi connectivity index (χ2n) is 13.4. The molecule has 3 aliphatic heterocycles. The summed E-state index contributed by atoms with van der Waals surface area (Å²) in [4.78, 5) is 0. The number of hydrogen-bond acceptors (Lipinski definition) is 4. The topological polar surface area (TPSA) is 51.2 Å². The van der Waals surface area contributed by atoms with Gasteiger partial charge in [0, 0.05) is 24.2 Å². The summed E-state index contributed by atoms with van der Waals surface area (Å²) in [5, 5.41) is 10.4. The number of epoxide rings is 1. The first-order chi connectivity index (χ1) is 14.7. The van der Waals surface area contributed by atoms with Crippen molar-refractivity contribution in [1.82, 2.24) is 0 Å². The Morgan fingerprint density at radius 1 is 0.903 bits per heavy atom. The average molecular weight is 431 g/mol. The van der Waals surface area contributed by atoms with Crippen LogP contribution in [-0.2, 0) is 14.2 Å². The summed E-state index contributed by atoms with van der Waals surface area (Å²) < 4.78 is 19.9. The van der Waals surface area contributed by atoms with Crippen LogP contribution in [0.15, 0.2) is 0 Å². The molecule has 4 saturated carbocycles. The van der Waals surface area contributed by atoms with Crippen molar-refractivity contribution < 1.29 is 19.3 Å². The summed E-state index contributed by atoms with van der Waals surface area (Å²) >= 11 is 0. The van der Waals surface area contributed by atoms with Crippen molar-refractivity contribution in [3.05, 3.63) is 0 Å². The number of fused-ring (bicyclic) bond motifs is 6. The highest BCUT2D eigenvalue weighted by Crippen LogP contribution is 2.75. The minimum absolute atomic E-state index is 0.00543. The van der Waals surface area contributed by atoms with Crippen molar-refractivity contribution >= 4 is 0 Å². The standard InChI is InChI=1S/C27H42O4/c1-15-5-10-27(29-14-15)16(2)23-21(30-27)12-20-18-11-22-26(31-22)13-17(28)6-9-25(26,4)19(18)7-8-24(20,23)3/h15-23,28H,5-14H2,1-4H3/t15?,16-,17-,18+,19-,20-,21-,22+,23-,24-,25+,26+,27+/m0/s1. The molecule has 0 aromatic rings. The van der Waals surface area contributed by atoms with Gasteiger partial charge in [-0.15, -0.1) is 0 Å². The lowest BCUT2D eigenvalue weighted by Gasteiger charge is -2.59. The van der Waals surface area contributed by atoms with E-state index in [4.69, 9.17) is 14.2 Å². The van der Waals surface area contributed by atoms with Crippen molar-refractivity contribution in [2.45, 2.75) is 115 Å². The van der Waals surface area contributed by atoms with Gasteiger partial charge in [-0.1, -0.05) is 27.7 Å². The van der Waals surface area contributed by atoms with E-state index in [2.05, 4.69) is 27.7 Å². The number of ether oxygens (including phenoxy) is 3. The van der Waals surface area contributed by atoms with Crippen molar-refractivity contribution in [3.63, 3.8) is 0 Å². The third-order valence-electron chi connectivity index (χ3n) is 12.3. The lowest BCUT2D eigenvalue weighted by Crippen LogP contribution is -2.59. The molecular weight excluding hydrogens is 388 g/mol. The Balaban J connectivity index is 1.18. The van der Waals surface area contributed by atoms with Crippen LogP contribution in [0.3, 0.4) is 0 Å². The second kappa shape index (κ2) is 6.09. The molecular formula is C27H42O4. The van der Waals surface area contributed by atoms with Gasteiger partial charge in [-0.2, -0.15) is 0 Å². The van der Waals surface area contributed by atoms with Gasteiger partial charge in [0.2, 0.25) is 0 Å². The molecule has 0 amide bonds. The second-order valence-corrected chi connectivity index (χ2v) is 13.4. The maximum atomic E-state index is 10.4. The zero-order valence-electron chi connectivity index (χ0n) is 19.9. The van der Waals surface area contributed by atoms with Crippen LogP contribution in [0.25, 0.3) is 0 Å². The van der Waals surface area contributed by atoms with E-state index in [9.17, 15) is 5.11 Å². The SMILES string of the molecule is CC1CC[C@@]2(OC1)O[C@H]1C[C@H]3[C@@H]4C[C@H]5O[C@]56C[C@@H](O)CC[C@]6(C)[C@H]4CC[C@]3(C)[C@H]1[C@@H]2C. The molecule has 0 radical (unpaired) electrons. The predicted molar refractivity (Wildman–Crippen MR) is 117 cm³/mol. The lowest BCUT2D eigenvalue weighted by atomic mass is 9.44. The van der Waals surface area contributed by atoms with Gasteiger partial charge in [0.15, 0.2) is 5.79 Å². The van der Waals surface area contributed by atoms with E-state index in [1.54, 1.807) is 0 Å². The van der Waals surface area contributed by atoms with Crippen molar-refractivity contribution in [2.24, 2.45) is 46.3 Å². The Bertz CT molecular complexity index is 775. The predicted octanol–water partition coefficient (Wildman–Crippen LogP) is 4.93. The molecule has 4 heteroatoms. The van der Waals surface area contributed by atoms with Crippen LogP contribution >= 0.6 is 0 Å². The van der Waals surface area contributed by atoms with Crippen LogP contribution in [0.2, 0.25) is 0 Å². The zero-order valence-corrected chi connectivity index (χ0v) is 19.9. The van der Waals surface area contributed by atoms with Gasteiger partial charge in [-0.05, 0) is 80.0 Å². The molecule has 13 atom stereocenters. The van der Waals surface area contributed by atoms with Crippen molar-refractivity contribution in [3.8, 4) is 0 Å². The van der Waals surface area contributed by atoms with Gasteiger partial charge >= 0.3 is 0 Å². The first kappa shape index (κ1) is 20.2. The van der Waals surface area contributed by atoms with Gasteiger partial charge in [0.05, 0.1) is 24.9 Å². The number of rotatable bonds is 0. The first-order valence-corrected chi connectivity index (χ1v) is 13.4. The Kier molecular flexibility index (Phi) is 3.97. The quantitative estimate of drug-likeness (QED) is 0.554. The van der Waals surface area contributed by atoms with Gasteiger partial charge in [-0.3, -0.25) is 0 Å². The van der Waals surface area contributed by atoms with E-state index in [-0.39, 0.29) is 22.9 Å². The highest BCUT2D eigenvalue weighted by Gasteiger charge is 2.77. The maximum Gasteiger partial charge on any atom is 0.171 e. The Morgan fingerprint density at radius 2 is 1.74 bits per heavy atom. The van der Waals surface area contributed by atoms with E-state index >= 15 is 0 Å². The molecule has 7 rings (SSSR count). The number of aliphatic hydroxyl groups is 1. The molecule has 3 heterocycles. The zero-order chi connectivity index (χ0) is 21.4. The van der Waals surface area contributed by atoms with Crippen LogP contribution in [0, 0.1) is 46.3 Å². The third kappa shape index (κ3) is 2.32. The Labute approximate surface area is 187 Å². The molecule has 7 fully saturated rings. The molecule has 7 aliphatic rings. The number of hydrogen-bond donors (Lipinski definition) is 1. The summed E-state index contributed by atoms with van der Waals surface area (Å²) in [6.07, 6.45) is 11.0. The molecule has 2 spiro atoms. The van der Waals surface area contributed by atoms with Gasteiger partial charge in [0.1, 0.15) is 5.60 Å². The maximum absolute atomic E-state index is 10.4. The highest BCUT2D eigenvalue weighted by atomic mass is 16.7. The van der Waals surface area contributed by atoms with Gasteiger partial charge < -0.3 is 19.3 Å². The fourth-order valence-corrected chi connectivity index (χ4v) is 10.7. The van der Waals surface area contributed by atoms with E-state index in [1.165, 1.54) is 32.1 Å². The lowest BCUT2D eigenvalue weighted by molar-refractivity contribution is -0.273. The fourth-order valence-electron chi connectivity index (χ4n) is 10.7. The van der Waals surface area contributed by atoms with Gasteiger partial charge in [0.25, 0.3) is 0 Å². The fraction of sp³-hybridized carbons (Fsp3) is 1.00. The first-order valence-electron chi connectivity index (χ1n) is 13.4. The highest BCUT2D eigenvalue weighted by molar-refractivity contribution is 5.25. The normalized spacial score (nSPS) is 66.7. The molecule has 174 valence electrons. The molecule has 3 saturated heterocycles. The van der Waals surface area contributed by atoms with E-state index in [0.29, 0.717) is 35.4 Å². The van der Waals surface area contributed by atoms with Crippen LogP contribution in [-0.4, -0.2) is 41.4 Å². The molecule has 31 heavy (non-hydrogen) atoms. The molecule has 0 bridgehead atoms. The van der Waals surface area contributed by atoms with Crippen LogP contribution < -0.4 is 0 Å². The van der Waals surface area contributed by atoms with E-state index < -0.39 is 0 Å². The molecule has 1 N–H and O–H groups in total.